The lowest BCUT2D eigenvalue weighted by Gasteiger charge is -2.10. The van der Waals surface area contributed by atoms with Crippen molar-refractivity contribution in [2.45, 2.75) is 25.3 Å². The van der Waals surface area contributed by atoms with Crippen molar-refractivity contribution in [3.05, 3.63) is 41.3 Å². The third-order valence-corrected chi connectivity index (χ3v) is 4.31. The van der Waals surface area contributed by atoms with Gasteiger partial charge in [-0.2, -0.15) is 0 Å². The largest absolute Gasteiger partial charge is 0.398 e. The van der Waals surface area contributed by atoms with E-state index in [1.807, 2.05) is 13.8 Å². The second-order valence-electron chi connectivity index (χ2n) is 4.29. The van der Waals surface area contributed by atoms with Crippen molar-refractivity contribution < 1.29 is 12.9 Å². The van der Waals surface area contributed by atoms with Gasteiger partial charge in [0.2, 0.25) is 10.0 Å². The normalized spacial score (nSPS) is 11.7. The first-order valence-electron chi connectivity index (χ1n) is 5.66. The van der Waals surface area contributed by atoms with Gasteiger partial charge in [-0.25, -0.2) is 13.1 Å². The SMILES string of the molecule is Cc1cc(N)c(S(=O)(=O)NCc2ccon2)cc1C. The third-order valence-electron chi connectivity index (χ3n) is 2.85. The lowest BCUT2D eigenvalue weighted by molar-refractivity contribution is 0.411. The van der Waals surface area contributed by atoms with Crippen molar-refractivity contribution in [2.24, 2.45) is 0 Å². The Bertz CT molecular complexity index is 678. The molecular formula is C12H15N3O3S. The van der Waals surface area contributed by atoms with Crippen molar-refractivity contribution in [1.82, 2.24) is 9.88 Å². The first kappa shape index (κ1) is 13.6. The van der Waals surface area contributed by atoms with E-state index in [0.717, 1.165) is 11.1 Å². The zero-order chi connectivity index (χ0) is 14.0. The molecule has 1 heterocycles. The number of aromatic nitrogens is 1. The highest BCUT2D eigenvalue weighted by Gasteiger charge is 2.18. The number of nitrogens with two attached hydrogens (primary N) is 1. The molecule has 1 aromatic carbocycles. The minimum absolute atomic E-state index is 0.0607. The minimum Gasteiger partial charge on any atom is -0.398 e. The Kier molecular flexibility index (Phi) is 3.59. The van der Waals surface area contributed by atoms with Gasteiger partial charge in [-0.05, 0) is 37.1 Å². The van der Waals surface area contributed by atoms with Gasteiger partial charge in [-0.3, -0.25) is 0 Å². The maximum absolute atomic E-state index is 12.2. The summed E-state index contributed by atoms with van der Waals surface area (Å²) in [6, 6.07) is 4.81. The first-order valence-corrected chi connectivity index (χ1v) is 7.14. The van der Waals surface area contributed by atoms with Crippen LogP contribution < -0.4 is 10.5 Å². The maximum atomic E-state index is 12.2. The van der Waals surface area contributed by atoms with E-state index in [1.165, 1.54) is 6.26 Å². The highest BCUT2D eigenvalue weighted by atomic mass is 32.2. The molecule has 2 aromatic rings. The summed E-state index contributed by atoms with van der Waals surface area (Å²) in [7, 11) is -3.66. The molecule has 3 N–H and O–H groups in total. The van der Waals surface area contributed by atoms with Crippen molar-refractivity contribution in [3.8, 4) is 0 Å². The summed E-state index contributed by atoms with van der Waals surface area (Å²) >= 11 is 0. The number of sulfonamides is 1. The average molecular weight is 281 g/mol. The van der Waals surface area contributed by atoms with Crippen LogP contribution in [0.2, 0.25) is 0 Å². The monoisotopic (exact) mass is 281 g/mol. The van der Waals surface area contributed by atoms with Crippen LogP contribution in [0.5, 0.6) is 0 Å². The van der Waals surface area contributed by atoms with Gasteiger partial charge < -0.3 is 10.3 Å². The van der Waals surface area contributed by atoms with Crippen LogP contribution in [0.3, 0.4) is 0 Å². The van der Waals surface area contributed by atoms with Gasteiger partial charge in [0.05, 0.1) is 17.9 Å². The molecule has 0 fully saturated rings. The Morgan fingerprint density at radius 2 is 2.00 bits per heavy atom. The van der Waals surface area contributed by atoms with Crippen LogP contribution in [-0.4, -0.2) is 13.6 Å². The molecule has 0 unspecified atom stereocenters. The average Bonchev–Trinajstić information content (AvgIpc) is 2.84. The number of hydrogen-bond donors (Lipinski definition) is 2. The van der Waals surface area contributed by atoms with Crippen LogP contribution >= 0.6 is 0 Å². The highest BCUT2D eigenvalue weighted by molar-refractivity contribution is 7.89. The molecule has 0 atom stereocenters. The number of nitrogens with one attached hydrogen (secondary N) is 1. The summed E-state index contributed by atoms with van der Waals surface area (Å²) in [5.74, 6) is 0. The number of aryl methyl sites for hydroxylation is 2. The van der Waals surface area contributed by atoms with E-state index in [9.17, 15) is 8.42 Å². The fraction of sp³-hybridized carbons (Fsp3) is 0.250. The first-order chi connectivity index (χ1) is 8.90. The van der Waals surface area contributed by atoms with Gasteiger partial charge in [0.15, 0.2) is 0 Å². The summed E-state index contributed by atoms with van der Waals surface area (Å²) in [5.41, 5.74) is 8.33. The predicted molar refractivity (Wildman–Crippen MR) is 70.9 cm³/mol. The molecule has 0 aliphatic carbocycles. The molecule has 7 heteroatoms. The quantitative estimate of drug-likeness (QED) is 0.824. The zero-order valence-electron chi connectivity index (χ0n) is 10.7. The number of nitrogens with zero attached hydrogens (tertiary/aromatic N) is 1. The smallest absolute Gasteiger partial charge is 0.242 e. The standard InChI is InChI=1S/C12H15N3O3S/c1-8-5-11(13)12(6-9(8)2)19(16,17)14-7-10-3-4-18-15-10/h3-6,14H,7,13H2,1-2H3. The molecule has 0 aliphatic heterocycles. The fourth-order valence-electron chi connectivity index (χ4n) is 1.62. The fourth-order valence-corrected chi connectivity index (χ4v) is 2.81. The summed E-state index contributed by atoms with van der Waals surface area (Å²) < 4.78 is 31.4. The topological polar surface area (TPSA) is 98.2 Å². The van der Waals surface area contributed by atoms with E-state index in [-0.39, 0.29) is 17.1 Å². The Hall–Kier alpha value is -1.86. The summed E-state index contributed by atoms with van der Waals surface area (Å²) in [5, 5.41) is 3.63. The summed E-state index contributed by atoms with van der Waals surface area (Å²) in [6.07, 6.45) is 1.38. The Morgan fingerprint density at radius 1 is 1.32 bits per heavy atom. The molecule has 0 amide bonds. The highest BCUT2D eigenvalue weighted by Crippen LogP contribution is 2.22. The molecule has 0 aliphatic rings. The number of benzene rings is 1. The van der Waals surface area contributed by atoms with Crippen molar-refractivity contribution in [3.63, 3.8) is 0 Å². The number of nitrogen functional groups attached to an aromatic ring is 1. The second kappa shape index (κ2) is 5.02. The van der Waals surface area contributed by atoms with Crippen molar-refractivity contribution in [1.29, 1.82) is 0 Å². The van der Waals surface area contributed by atoms with E-state index in [0.29, 0.717) is 5.69 Å². The van der Waals surface area contributed by atoms with Crippen LogP contribution in [0.1, 0.15) is 16.8 Å². The number of rotatable bonds is 4. The lowest BCUT2D eigenvalue weighted by atomic mass is 10.1. The zero-order valence-corrected chi connectivity index (χ0v) is 11.5. The van der Waals surface area contributed by atoms with Gasteiger partial charge in [0.25, 0.3) is 0 Å². The van der Waals surface area contributed by atoms with Gasteiger partial charge in [0.1, 0.15) is 11.2 Å². The number of anilines is 1. The maximum Gasteiger partial charge on any atom is 0.242 e. The van der Waals surface area contributed by atoms with Crippen LogP contribution in [0, 0.1) is 13.8 Å². The molecule has 1 aromatic heterocycles. The third kappa shape index (κ3) is 2.94. The van der Waals surface area contributed by atoms with Gasteiger partial charge in [-0.15, -0.1) is 0 Å². The lowest BCUT2D eigenvalue weighted by Crippen LogP contribution is -2.24. The van der Waals surface area contributed by atoms with Gasteiger partial charge in [0, 0.05) is 6.07 Å². The van der Waals surface area contributed by atoms with Crippen LogP contribution in [0.4, 0.5) is 5.69 Å². The molecule has 2 rings (SSSR count). The Morgan fingerprint density at radius 3 is 2.63 bits per heavy atom. The van der Waals surface area contributed by atoms with Crippen molar-refractivity contribution in [2.75, 3.05) is 5.73 Å². The molecule has 0 saturated carbocycles. The molecule has 102 valence electrons. The molecule has 0 bridgehead atoms. The predicted octanol–water partition coefficient (Wildman–Crippen LogP) is 1.35. The van der Waals surface area contributed by atoms with Gasteiger partial charge in [-0.1, -0.05) is 5.16 Å². The van der Waals surface area contributed by atoms with Crippen LogP contribution in [0.15, 0.2) is 33.9 Å². The number of hydrogen-bond acceptors (Lipinski definition) is 5. The Balaban J connectivity index is 2.27. The van der Waals surface area contributed by atoms with Crippen molar-refractivity contribution >= 4 is 15.7 Å². The second-order valence-corrected chi connectivity index (χ2v) is 6.03. The molecule has 0 radical (unpaired) electrons. The summed E-state index contributed by atoms with van der Waals surface area (Å²) in [6.45, 7) is 3.78. The molecule has 0 spiro atoms. The van der Waals surface area contributed by atoms with Crippen LogP contribution in [0.25, 0.3) is 0 Å². The summed E-state index contributed by atoms with van der Waals surface area (Å²) in [4.78, 5) is 0.0825. The van der Waals surface area contributed by atoms with E-state index < -0.39 is 10.0 Å². The van der Waals surface area contributed by atoms with E-state index in [4.69, 9.17) is 5.73 Å². The molecule has 0 saturated heterocycles. The van der Waals surface area contributed by atoms with E-state index in [2.05, 4.69) is 14.4 Å². The van der Waals surface area contributed by atoms with E-state index in [1.54, 1.807) is 18.2 Å². The molecular weight excluding hydrogens is 266 g/mol. The minimum atomic E-state index is -3.66. The molecule has 6 nitrogen and oxygen atoms in total. The Labute approximate surface area is 111 Å². The molecule has 19 heavy (non-hydrogen) atoms. The van der Waals surface area contributed by atoms with E-state index >= 15 is 0 Å². The van der Waals surface area contributed by atoms with Gasteiger partial charge >= 0.3 is 0 Å². The van der Waals surface area contributed by atoms with Crippen LogP contribution in [-0.2, 0) is 16.6 Å².